The quantitative estimate of drug-likeness (QED) is 0.895. The Labute approximate surface area is 128 Å². The molecule has 1 saturated carbocycles. The summed E-state index contributed by atoms with van der Waals surface area (Å²) in [5.74, 6) is 0.652. The summed E-state index contributed by atoms with van der Waals surface area (Å²) in [5.41, 5.74) is 2.75. The van der Waals surface area contributed by atoms with E-state index in [9.17, 15) is 0 Å². The van der Waals surface area contributed by atoms with Gasteiger partial charge in [-0.15, -0.1) is 0 Å². The number of nitrogens with zero attached hydrogens (tertiary/aromatic N) is 1. The Kier molecular flexibility index (Phi) is 4.60. The van der Waals surface area contributed by atoms with E-state index in [1.54, 1.807) is 0 Å². The third-order valence-electron chi connectivity index (χ3n) is 5.23. The van der Waals surface area contributed by atoms with Gasteiger partial charge in [0.1, 0.15) is 0 Å². The Morgan fingerprint density at radius 2 is 2.33 bits per heavy atom. The zero-order chi connectivity index (χ0) is 14.7. The van der Waals surface area contributed by atoms with E-state index in [1.165, 1.54) is 36.9 Å². The Bertz CT molecular complexity index is 470. The summed E-state index contributed by atoms with van der Waals surface area (Å²) in [7, 11) is 0. The summed E-state index contributed by atoms with van der Waals surface area (Å²) in [4.78, 5) is 4.70. The summed E-state index contributed by atoms with van der Waals surface area (Å²) in [5, 5.41) is 3.76. The first-order chi connectivity index (χ1) is 10.2. The number of rotatable bonds is 5. The molecule has 2 heterocycles. The molecule has 2 atom stereocenters. The molecule has 1 aromatic heterocycles. The van der Waals surface area contributed by atoms with E-state index in [1.807, 2.05) is 12.3 Å². The van der Waals surface area contributed by atoms with Gasteiger partial charge < -0.3 is 10.1 Å². The normalized spacial score (nSPS) is 25.5. The fourth-order valence-corrected chi connectivity index (χ4v) is 3.88. The van der Waals surface area contributed by atoms with Gasteiger partial charge in [0, 0.05) is 12.8 Å². The van der Waals surface area contributed by atoms with E-state index in [0.717, 1.165) is 26.0 Å². The van der Waals surface area contributed by atoms with Crippen molar-refractivity contribution in [3.05, 3.63) is 29.6 Å². The molecule has 2 unspecified atom stereocenters. The van der Waals surface area contributed by atoms with Crippen LogP contribution in [0.15, 0.2) is 18.3 Å². The molecule has 2 fully saturated rings. The largest absolute Gasteiger partial charge is 0.375 e. The summed E-state index contributed by atoms with van der Waals surface area (Å²) in [6.45, 7) is 6.39. The molecule has 3 heteroatoms. The lowest BCUT2D eigenvalue weighted by Gasteiger charge is -2.49. The molecule has 0 aromatic carbocycles. The minimum Gasteiger partial charge on any atom is -0.375 e. The molecular weight excluding hydrogens is 260 g/mol. The molecule has 21 heavy (non-hydrogen) atoms. The second kappa shape index (κ2) is 6.45. The molecule has 2 aliphatic rings. The van der Waals surface area contributed by atoms with Crippen molar-refractivity contribution in [1.82, 2.24) is 10.3 Å². The summed E-state index contributed by atoms with van der Waals surface area (Å²) >= 11 is 0. The molecule has 1 saturated heterocycles. The van der Waals surface area contributed by atoms with Crippen molar-refractivity contribution < 1.29 is 4.74 Å². The highest BCUT2D eigenvalue weighted by Crippen LogP contribution is 2.47. The average molecular weight is 288 g/mol. The molecule has 1 aliphatic carbocycles. The fraction of sp³-hybridized carbons (Fsp3) is 0.722. The highest BCUT2D eigenvalue weighted by atomic mass is 16.5. The van der Waals surface area contributed by atoms with E-state index < -0.39 is 0 Å². The van der Waals surface area contributed by atoms with Crippen molar-refractivity contribution in [1.29, 1.82) is 0 Å². The van der Waals surface area contributed by atoms with Crippen LogP contribution in [0, 0.1) is 12.8 Å². The van der Waals surface area contributed by atoms with Gasteiger partial charge in [-0.3, -0.25) is 4.98 Å². The number of aryl methyl sites for hydroxylation is 1. The zero-order valence-corrected chi connectivity index (χ0v) is 13.4. The van der Waals surface area contributed by atoms with Gasteiger partial charge in [0.25, 0.3) is 0 Å². The molecule has 1 N–H and O–H groups in total. The van der Waals surface area contributed by atoms with E-state index in [2.05, 4.69) is 25.2 Å². The maximum atomic E-state index is 6.10. The predicted octanol–water partition coefficient (Wildman–Crippen LogP) is 3.78. The molecule has 3 nitrogen and oxygen atoms in total. The minimum atomic E-state index is 0.206. The molecule has 1 spiro atoms. The lowest BCUT2D eigenvalue weighted by atomic mass is 9.70. The first-order valence-electron chi connectivity index (χ1n) is 8.53. The summed E-state index contributed by atoms with van der Waals surface area (Å²) in [6.07, 6.45) is 9.29. The third kappa shape index (κ3) is 3.14. The molecule has 0 bridgehead atoms. The Morgan fingerprint density at radius 3 is 3.00 bits per heavy atom. The van der Waals surface area contributed by atoms with Crippen molar-refractivity contribution in [3.8, 4) is 0 Å². The first kappa shape index (κ1) is 15.0. The van der Waals surface area contributed by atoms with Gasteiger partial charge in [-0.25, -0.2) is 0 Å². The number of pyridine rings is 1. The third-order valence-corrected chi connectivity index (χ3v) is 5.23. The number of aromatic nitrogens is 1. The van der Waals surface area contributed by atoms with Crippen LogP contribution in [0.4, 0.5) is 0 Å². The Morgan fingerprint density at radius 1 is 1.48 bits per heavy atom. The van der Waals surface area contributed by atoms with Crippen LogP contribution in [0.3, 0.4) is 0 Å². The maximum absolute atomic E-state index is 6.10. The number of hydrogen-bond donors (Lipinski definition) is 1. The fourth-order valence-electron chi connectivity index (χ4n) is 3.88. The molecule has 0 amide bonds. The molecule has 1 aliphatic heterocycles. The first-order valence-corrected chi connectivity index (χ1v) is 8.53. The molecular formula is C18H28N2O. The number of hydrogen-bond acceptors (Lipinski definition) is 3. The predicted molar refractivity (Wildman–Crippen MR) is 85.3 cm³/mol. The van der Waals surface area contributed by atoms with Crippen molar-refractivity contribution in [2.75, 3.05) is 13.2 Å². The summed E-state index contributed by atoms with van der Waals surface area (Å²) < 4.78 is 6.10. The zero-order valence-electron chi connectivity index (χ0n) is 13.4. The van der Waals surface area contributed by atoms with E-state index in [0.29, 0.717) is 12.0 Å². The monoisotopic (exact) mass is 288 g/mol. The van der Waals surface area contributed by atoms with Crippen molar-refractivity contribution in [2.45, 2.75) is 64.0 Å². The van der Waals surface area contributed by atoms with Crippen molar-refractivity contribution >= 4 is 0 Å². The maximum Gasteiger partial charge on any atom is 0.0686 e. The van der Waals surface area contributed by atoms with Crippen LogP contribution in [-0.2, 0) is 4.74 Å². The van der Waals surface area contributed by atoms with E-state index in [-0.39, 0.29) is 5.60 Å². The topological polar surface area (TPSA) is 34.2 Å². The Balaban J connectivity index is 1.80. The van der Waals surface area contributed by atoms with Crippen LogP contribution in [0.1, 0.15) is 62.7 Å². The highest BCUT2D eigenvalue weighted by molar-refractivity contribution is 5.22. The van der Waals surface area contributed by atoms with Crippen LogP contribution >= 0.6 is 0 Å². The van der Waals surface area contributed by atoms with Crippen molar-refractivity contribution in [3.63, 3.8) is 0 Å². The van der Waals surface area contributed by atoms with Crippen LogP contribution in [-0.4, -0.2) is 23.7 Å². The molecule has 1 aromatic rings. The summed E-state index contributed by atoms with van der Waals surface area (Å²) in [6, 6.07) is 4.60. The lowest BCUT2D eigenvalue weighted by molar-refractivity contribution is -0.147. The minimum absolute atomic E-state index is 0.206. The lowest BCUT2D eigenvalue weighted by Crippen LogP contribution is -2.48. The molecule has 3 rings (SSSR count). The van der Waals surface area contributed by atoms with Gasteiger partial charge in [-0.1, -0.05) is 13.0 Å². The van der Waals surface area contributed by atoms with E-state index in [4.69, 9.17) is 9.72 Å². The average Bonchev–Trinajstić information content (AvgIpc) is 2.48. The van der Waals surface area contributed by atoms with Crippen LogP contribution in [0.2, 0.25) is 0 Å². The number of ether oxygens (including phenoxy) is 1. The van der Waals surface area contributed by atoms with Crippen LogP contribution < -0.4 is 5.32 Å². The Hall–Kier alpha value is -0.930. The van der Waals surface area contributed by atoms with Gasteiger partial charge in [-0.2, -0.15) is 0 Å². The van der Waals surface area contributed by atoms with Crippen LogP contribution in [0.5, 0.6) is 0 Å². The van der Waals surface area contributed by atoms with Gasteiger partial charge in [0.05, 0.1) is 17.3 Å². The van der Waals surface area contributed by atoms with Gasteiger partial charge in [0.15, 0.2) is 0 Å². The van der Waals surface area contributed by atoms with E-state index >= 15 is 0 Å². The standard InChI is InChI=1S/C18H28N2O/c1-3-10-19-17(16-14(2)6-4-11-20-16)15-7-12-21-18(13-15)8-5-9-18/h4,6,11,15,17,19H,3,5,7-10,12-13H2,1-2H3. The highest BCUT2D eigenvalue weighted by Gasteiger charge is 2.44. The van der Waals surface area contributed by atoms with Gasteiger partial charge in [0.2, 0.25) is 0 Å². The van der Waals surface area contributed by atoms with Gasteiger partial charge in [-0.05, 0) is 69.5 Å². The van der Waals surface area contributed by atoms with Crippen LogP contribution in [0.25, 0.3) is 0 Å². The molecule has 0 radical (unpaired) electrons. The SMILES string of the molecule is CCCNC(c1ncccc1C)C1CCOC2(CCC2)C1. The van der Waals surface area contributed by atoms with Crippen molar-refractivity contribution in [2.24, 2.45) is 5.92 Å². The van der Waals surface area contributed by atoms with Gasteiger partial charge >= 0.3 is 0 Å². The second-order valence-electron chi connectivity index (χ2n) is 6.78. The number of nitrogens with one attached hydrogen (secondary N) is 1. The smallest absolute Gasteiger partial charge is 0.0686 e. The molecule has 116 valence electrons. The second-order valence-corrected chi connectivity index (χ2v) is 6.78.